The fourth-order valence-electron chi connectivity index (χ4n) is 1.19. The normalized spacial score (nSPS) is 25.7. The van der Waals surface area contributed by atoms with Gasteiger partial charge in [0.05, 0.1) is 5.25 Å². The summed E-state index contributed by atoms with van der Waals surface area (Å²) >= 11 is 0. The van der Waals surface area contributed by atoms with Gasteiger partial charge in [-0.15, -0.1) is 12.4 Å². The molecule has 1 N–H and O–H groups in total. The van der Waals surface area contributed by atoms with Gasteiger partial charge in [-0.25, -0.2) is 8.42 Å². The zero-order valence-electron chi connectivity index (χ0n) is 6.54. The van der Waals surface area contributed by atoms with Crippen LogP contribution in [-0.2, 0) is 9.84 Å². The van der Waals surface area contributed by atoms with Gasteiger partial charge in [-0.2, -0.15) is 0 Å². The number of nitrogens with one attached hydrogen (secondary N) is 1. The summed E-state index contributed by atoms with van der Waals surface area (Å²) in [6, 6.07) is 0. The fraction of sp³-hybridized carbons (Fsp3) is 1.00. The van der Waals surface area contributed by atoms with E-state index in [1.165, 1.54) is 6.26 Å². The lowest BCUT2D eigenvalue weighted by Gasteiger charge is -2.20. The van der Waals surface area contributed by atoms with E-state index in [0.717, 1.165) is 19.4 Å². The second kappa shape index (κ2) is 4.28. The van der Waals surface area contributed by atoms with Gasteiger partial charge < -0.3 is 5.32 Å². The largest absolute Gasteiger partial charge is 0.315 e. The molecule has 1 aliphatic heterocycles. The van der Waals surface area contributed by atoms with E-state index in [2.05, 4.69) is 5.32 Å². The SMILES string of the molecule is CS(=O)(=O)[C@@H]1CCCNC1.Cl. The molecule has 0 aliphatic carbocycles. The minimum atomic E-state index is -2.79. The molecule has 0 aromatic carbocycles. The average molecular weight is 200 g/mol. The Morgan fingerprint density at radius 3 is 2.36 bits per heavy atom. The molecule has 0 spiro atoms. The molecule has 0 aromatic rings. The highest BCUT2D eigenvalue weighted by Crippen LogP contribution is 2.09. The molecule has 1 aliphatic rings. The van der Waals surface area contributed by atoms with E-state index in [4.69, 9.17) is 0 Å². The number of rotatable bonds is 1. The van der Waals surface area contributed by atoms with Crippen LogP contribution in [-0.4, -0.2) is 33.0 Å². The highest BCUT2D eigenvalue weighted by molar-refractivity contribution is 7.91. The van der Waals surface area contributed by atoms with Crippen LogP contribution >= 0.6 is 12.4 Å². The first kappa shape index (κ1) is 11.2. The maximum Gasteiger partial charge on any atom is 0.151 e. The molecule has 1 fully saturated rings. The van der Waals surface area contributed by atoms with Gasteiger partial charge in [0, 0.05) is 12.8 Å². The van der Waals surface area contributed by atoms with Crippen LogP contribution < -0.4 is 5.32 Å². The van der Waals surface area contributed by atoms with Crippen molar-refractivity contribution < 1.29 is 8.42 Å². The lowest BCUT2D eigenvalue weighted by Crippen LogP contribution is -2.38. The molecular formula is C6H14ClNO2S. The zero-order chi connectivity index (χ0) is 7.61. The van der Waals surface area contributed by atoms with Crippen molar-refractivity contribution in [3.05, 3.63) is 0 Å². The van der Waals surface area contributed by atoms with E-state index < -0.39 is 9.84 Å². The van der Waals surface area contributed by atoms with E-state index in [0.29, 0.717) is 6.54 Å². The van der Waals surface area contributed by atoms with Crippen LogP contribution in [0.15, 0.2) is 0 Å². The third kappa shape index (κ3) is 3.40. The molecule has 0 aromatic heterocycles. The first-order valence-corrected chi connectivity index (χ1v) is 5.46. The van der Waals surface area contributed by atoms with E-state index in [1.807, 2.05) is 0 Å². The summed E-state index contributed by atoms with van der Waals surface area (Å²) in [5.41, 5.74) is 0. The molecule has 0 unspecified atom stereocenters. The Morgan fingerprint density at radius 2 is 2.09 bits per heavy atom. The number of halogens is 1. The van der Waals surface area contributed by atoms with E-state index >= 15 is 0 Å². The summed E-state index contributed by atoms with van der Waals surface area (Å²) in [4.78, 5) is 0. The summed E-state index contributed by atoms with van der Waals surface area (Å²) in [6.45, 7) is 1.60. The van der Waals surface area contributed by atoms with Gasteiger partial charge >= 0.3 is 0 Å². The second-order valence-corrected chi connectivity index (χ2v) is 5.12. The molecule has 11 heavy (non-hydrogen) atoms. The Labute approximate surface area is 73.9 Å². The molecule has 5 heteroatoms. The highest BCUT2D eigenvalue weighted by atomic mass is 35.5. The highest BCUT2D eigenvalue weighted by Gasteiger charge is 2.22. The van der Waals surface area contributed by atoms with Crippen LogP contribution in [0.4, 0.5) is 0 Å². The number of hydrogen-bond donors (Lipinski definition) is 1. The maximum atomic E-state index is 10.9. The minimum Gasteiger partial charge on any atom is -0.315 e. The summed E-state index contributed by atoms with van der Waals surface area (Å²) < 4.78 is 21.9. The number of hydrogen-bond acceptors (Lipinski definition) is 3. The fourth-order valence-corrected chi connectivity index (χ4v) is 2.20. The molecule has 68 valence electrons. The predicted octanol–water partition coefficient (Wildman–Crippen LogP) is 0.205. The van der Waals surface area contributed by atoms with Gasteiger partial charge in [0.25, 0.3) is 0 Å². The van der Waals surface area contributed by atoms with E-state index in [9.17, 15) is 8.42 Å². The van der Waals surface area contributed by atoms with Gasteiger partial charge in [-0.3, -0.25) is 0 Å². The Bertz CT molecular complexity index is 197. The third-order valence-electron chi connectivity index (χ3n) is 1.86. The van der Waals surface area contributed by atoms with Crippen molar-refractivity contribution >= 4 is 22.2 Å². The first-order valence-electron chi connectivity index (χ1n) is 3.50. The Kier molecular flexibility index (Phi) is 4.36. The Morgan fingerprint density at radius 1 is 1.45 bits per heavy atom. The van der Waals surface area contributed by atoms with Crippen molar-refractivity contribution in [1.82, 2.24) is 5.32 Å². The second-order valence-electron chi connectivity index (χ2n) is 2.80. The molecule has 0 bridgehead atoms. The molecule has 1 atom stereocenters. The van der Waals surface area contributed by atoms with Gasteiger partial charge in [0.2, 0.25) is 0 Å². The van der Waals surface area contributed by atoms with Crippen LogP contribution in [0.25, 0.3) is 0 Å². The van der Waals surface area contributed by atoms with E-state index in [-0.39, 0.29) is 17.7 Å². The summed E-state index contributed by atoms with van der Waals surface area (Å²) in [5, 5.41) is 2.92. The standard InChI is InChI=1S/C6H13NO2S.ClH/c1-10(8,9)6-3-2-4-7-5-6;/h6-7H,2-5H2,1H3;1H/t6-;/m1./s1. The Hall–Kier alpha value is 0.200. The lowest BCUT2D eigenvalue weighted by atomic mass is 10.2. The molecule has 3 nitrogen and oxygen atoms in total. The molecule has 1 saturated heterocycles. The van der Waals surface area contributed by atoms with Crippen molar-refractivity contribution in [2.24, 2.45) is 0 Å². The molecular weight excluding hydrogens is 186 g/mol. The molecule has 0 amide bonds. The third-order valence-corrected chi connectivity index (χ3v) is 3.47. The summed E-state index contributed by atoms with van der Waals surface area (Å²) in [7, 11) is -2.79. The van der Waals surface area contributed by atoms with Crippen LogP contribution in [0.2, 0.25) is 0 Å². The van der Waals surface area contributed by atoms with Crippen LogP contribution in [0.5, 0.6) is 0 Å². The summed E-state index contributed by atoms with van der Waals surface area (Å²) in [5.74, 6) is 0. The van der Waals surface area contributed by atoms with Crippen molar-refractivity contribution in [1.29, 1.82) is 0 Å². The van der Waals surface area contributed by atoms with Crippen molar-refractivity contribution in [3.8, 4) is 0 Å². The van der Waals surface area contributed by atoms with Gasteiger partial charge in [0.1, 0.15) is 0 Å². The first-order chi connectivity index (χ1) is 4.61. The predicted molar refractivity (Wildman–Crippen MR) is 48.0 cm³/mol. The average Bonchev–Trinajstić information content (AvgIpc) is 1.88. The minimum absolute atomic E-state index is 0. The summed E-state index contributed by atoms with van der Waals surface area (Å²) in [6.07, 6.45) is 3.12. The smallest absolute Gasteiger partial charge is 0.151 e. The Balaban J connectivity index is 0.000001000. The lowest BCUT2D eigenvalue weighted by molar-refractivity contribution is 0.499. The van der Waals surface area contributed by atoms with Crippen LogP contribution in [0, 0.1) is 0 Å². The topological polar surface area (TPSA) is 46.2 Å². The van der Waals surface area contributed by atoms with Crippen LogP contribution in [0.1, 0.15) is 12.8 Å². The zero-order valence-corrected chi connectivity index (χ0v) is 8.17. The van der Waals surface area contributed by atoms with Gasteiger partial charge in [0.15, 0.2) is 9.84 Å². The molecule has 1 rings (SSSR count). The molecule has 0 radical (unpaired) electrons. The van der Waals surface area contributed by atoms with Crippen molar-refractivity contribution in [2.45, 2.75) is 18.1 Å². The maximum absolute atomic E-state index is 10.9. The number of sulfone groups is 1. The quantitative estimate of drug-likeness (QED) is 0.657. The van der Waals surface area contributed by atoms with Gasteiger partial charge in [-0.1, -0.05) is 0 Å². The monoisotopic (exact) mass is 199 g/mol. The van der Waals surface area contributed by atoms with E-state index in [1.54, 1.807) is 0 Å². The van der Waals surface area contributed by atoms with Gasteiger partial charge in [-0.05, 0) is 19.4 Å². The van der Waals surface area contributed by atoms with Crippen LogP contribution in [0.3, 0.4) is 0 Å². The molecule has 0 saturated carbocycles. The number of piperidine rings is 1. The van der Waals surface area contributed by atoms with Crippen molar-refractivity contribution in [2.75, 3.05) is 19.3 Å². The molecule has 1 heterocycles. The van der Waals surface area contributed by atoms with Crippen molar-refractivity contribution in [3.63, 3.8) is 0 Å².